The molecule has 0 aliphatic rings. The van der Waals surface area contributed by atoms with Crippen molar-refractivity contribution in [2.75, 3.05) is 11.4 Å². The van der Waals surface area contributed by atoms with Crippen molar-refractivity contribution in [1.82, 2.24) is 5.16 Å². The summed E-state index contributed by atoms with van der Waals surface area (Å²) < 4.78 is 5.44. The van der Waals surface area contributed by atoms with Crippen LogP contribution in [0.1, 0.15) is 81.6 Å². The molecule has 0 amide bonds. The molecule has 0 bridgehead atoms. The number of benzene rings is 1. The molecule has 0 saturated carbocycles. The first kappa shape index (κ1) is 22.2. The van der Waals surface area contributed by atoms with E-state index in [-0.39, 0.29) is 6.04 Å². The quantitative estimate of drug-likeness (QED) is 0.656. The molecule has 0 aliphatic carbocycles. The van der Waals surface area contributed by atoms with E-state index in [0.29, 0.717) is 0 Å². The number of rotatable bonds is 8. The molecule has 1 aromatic carbocycles. The summed E-state index contributed by atoms with van der Waals surface area (Å²) in [6, 6.07) is 6.62. The van der Waals surface area contributed by atoms with Gasteiger partial charge in [-0.2, -0.15) is 0 Å². The number of aromatic nitrogens is 1. The highest BCUT2D eigenvalue weighted by atomic mass is 16.5. The van der Waals surface area contributed by atoms with Gasteiger partial charge in [0.05, 0.1) is 12.2 Å². The average molecular weight is 360 g/mol. The molecule has 0 radical (unpaired) electrons. The maximum absolute atomic E-state index is 6.22. The number of anilines is 1. The van der Waals surface area contributed by atoms with Gasteiger partial charge in [0.2, 0.25) is 0 Å². The van der Waals surface area contributed by atoms with Crippen LogP contribution in [-0.4, -0.2) is 11.7 Å². The van der Waals surface area contributed by atoms with Crippen molar-refractivity contribution in [3.63, 3.8) is 0 Å². The molecule has 4 nitrogen and oxygen atoms in total. The number of aryl methyl sites for hydroxylation is 3. The van der Waals surface area contributed by atoms with Gasteiger partial charge in [-0.25, -0.2) is 0 Å². The zero-order chi connectivity index (χ0) is 19.7. The smallest absolute Gasteiger partial charge is 0.156 e. The lowest BCUT2D eigenvalue weighted by Crippen LogP contribution is -2.25. The lowest BCUT2D eigenvalue weighted by Gasteiger charge is -2.27. The number of hydrogen-bond acceptors (Lipinski definition) is 4. The Hall–Kier alpha value is -1.81. The fourth-order valence-corrected chi connectivity index (χ4v) is 3.16. The third-order valence-corrected chi connectivity index (χ3v) is 4.47. The first-order chi connectivity index (χ1) is 12.5. The van der Waals surface area contributed by atoms with Crippen molar-refractivity contribution in [2.24, 2.45) is 5.73 Å². The Labute approximate surface area is 159 Å². The van der Waals surface area contributed by atoms with E-state index in [0.717, 1.165) is 43.8 Å². The largest absolute Gasteiger partial charge is 0.364 e. The molecule has 1 heterocycles. The van der Waals surface area contributed by atoms with Crippen LogP contribution in [0.5, 0.6) is 0 Å². The van der Waals surface area contributed by atoms with Crippen LogP contribution in [0, 0.1) is 13.8 Å². The number of hydrogen-bond donors (Lipinski definition) is 1. The van der Waals surface area contributed by atoms with Crippen molar-refractivity contribution < 1.29 is 4.52 Å². The maximum Gasteiger partial charge on any atom is 0.156 e. The molecule has 2 N–H and O–H groups in total. The summed E-state index contributed by atoms with van der Waals surface area (Å²) >= 11 is 0. The molecular weight excluding hydrogens is 322 g/mol. The van der Waals surface area contributed by atoms with Gasteiger partial charge in [0.25, 0.3) is 0 Å². The molecule has 2 rings (SSSR count). The second-order valence-corrected chi connectivity index (χ2v) is 6.69. The van der Waals surface area contributed by atoms with Gasteiger partial charge < -0.3 is 15.2 Å². The Morgan fingerprint density at radius 1 is 1.15 bits per heavy atom. The van der Waals surface area contributed by atoms with E-state index < -0.39 is 0 Å². The van der Waals surface area contributed by atoms with Gasteiger partial charge in [0.1, 0.15) is 0 Å². The zero-order valence-electron chi connectivity index (χ0n) is 17.7. The fraction of sp³-hybridized carbons (Fsp3) is 0.591. The summed E-state index contributed by atoms with van der Waals surface area (Å²) in [5.74, 6) is 0.907. The highest BCUT2D eigenvalue weighted by molar-refractivity contribution is 5.58. The van der Waals surface area contributed by atoms with Gasteiger partial charge in [-0.15, -0.1) is 0 Å². The van der Waals surface area contributed by atoms with Gasteiger partial charge >= 0.3 is 0 Å². The zero-order valence-corrected chi connectivity index (χ0v) is 17.7. The predicted octanol–water partition coefficient (Wildman–Crippen LogP) is 5.71. The van der Waals surface area contributed by atoms with Crippen LogP contribution in [0.3, 0.4) is 0 Å². The first-order valence-corrected chi connectivity index (χ1v) is 10.0. The van der Waals surface area contributed by atoms with E-state index in [1.807, 2.05) is 26.8 Å². The van der Waals surface area contributed by atoms with Crippen LogP contribution in [0.25, 0.3) is 0 Å². The van der Waals surface area contributed by atoms with E-state index in [9.17, 15) is 0 Å². The van der Waals surface area contributed by atoms with E-state index in [1.165, 1.54) is 22.4 Å². The lowest BCUT2D eigenvalue weighted by atomic mass is 9.96. The highest BCUT2D eigenvalue weighted by Crippen LogP contribution is 2.29. The van der Waals surface area contributed by atoms with E-state index in [4.69, 9.17) is 10.3 Å². The average Bonchev–Trinajstić information content (AvgIpc) is 3.04. The van der Waals surface area contributed by atoms with Gasteiger partial charge in [-0.1, -0.05) is 45.3 Å². The minimum Gasteiger partial charge on any atom is -0.364 e. The molecular formula is C22H37N3O. The topological polar surface area (TPSA) is 55.3 Å². The van der Waals surface area contributed by atoms with Gasteiger partial charge in [0.15, 0.2) is 5.76 Å². The summed E-state index contributed by atoms with van der Waals surface area (Å²) in [6.07, 6.45) is 3.32. The third kappa shape index (κ3) is 5.87. The van der Waals surface area contributed by atoms with Crippen LogP contribution in [-0.2, 0) is 13.0 Å². The monoisotopic (exact) mass is 359 g/mol. The number of nitrogens with zero attached hydrogens (tertiary/aromatic N) is 2. The molecule has 1 aromatic heterocycles. The van der Waals surface area contributed by atoms with Crippen molar-refractivity contribution in [3.8, 4) is 0 Å². The molecule has 0 spiro atoms. The van der Waals surface area contributed by atoms with E-state index in [1.54, 1.807) is 0 Å². The predicted molar refractivity (Wildman–Crippen MR) is 112 cm³/mol. The van der Waals surface area contributed by atoms with Crippen LogP contribution < -0.4 is 10.6 Å². The minimum absolute atomic E-state index is 0.0415. The Morgan fingerprint density at radius 3 is 2.35 bits per heavy atom. The molecule has 2 aromatic rings. The number of unbranched alkanes of at least 4 members (excludes halogenated alkanes) is 1. The highest BCUT2D eigenvalue weighted by Gasteiger charge is 2.16. The summed E-state index contributed by atoms with van der Waals surface area (Å²) in [7, 11) is 0. The first-order valence-electron chi connectivity index (χ1n) is 10.0. The Balaban J connectivity index is 0.00000163. The van der Waals surface area contributed by atoms with E-state index in [2.05, 4.69) is 49.9 Å². The van der Waals surface area contributed by atoms with Crippen LogP contribution >= 0.6 is 0 Å². The van der Waals surface area contributed by atoms with Crippen molar-refractivity contribution in [1.29, 1.82) is 0 Å². The minimum atomic E-state index is 0.0415. The number of nitrogens with two attached hydrogens (primary N) is 1. The summed E-state index contributed by atoms with van der Waals surface area (Å²) in [5, 5.41) is 4.02. The maximum atomic E-state index is 6.22. The molecule has 1 atom stereocenters. The molecule has 1 unspecified atom stereocenters. The molecule has 0 aliphatic heterocycles. The summed E-state index contributed by atoms with van der Waals surface area (Å²) in [4.78, 5) is 2.39. The second-order valence-electron chi connectivity index (χ2n) is 6.69. The van der Waals surface area contributed by atoms with Crippen LogP contribution in [0.2, 0.25) is 0 Å². The normalized spacial score (nSPS) is 11.7. The van der Waals surface area contributed by atoms with Gasteiger partial charge in [0, 0.05) is 24.3 Å². The van der Waals surface area contributed by atoms with Gasteiger partial charge in [-0.05, 0) is 56.4 Å². The van der Waals surface area contributed by atoms with Crippen LogP contribution in [0.15, 0.2) is 22.7 Å². The fourth-order valence-electron chi connectivity index (χ4n) is 3.16. The molecule has 4 heteroatoms. The third-order valence-electron chi connectivity index (χ3n) is 4.47. The van der Waals surface area contributed by atoms with Crippen molar-refractivity contribution >= 4 is 5.69 Å². The summed E-state index contributed by atoms with van der Waals surface area (Å²) in [6.45, 7) is 16.4. The molecule has 0 saturated heterocycles. The van der Waals surface area contributed by atoms with Gasteiger partial charge in [-0.3, -0.25) is 0 Å². The van der Waals surface area contributed by atoms with E-state index >= 15 is 0 Å². The van der Waals surface area contributed by atoms with Crippen molar-refractivity contribution in [2.45, 2.75) is 80.3 Å². The summed E-state index contributed by atoms with van der Waals surface area (Å²) in [5.41, 5.74) is 12.3. The second kappa shape index (κ2) is 11.0. The Kier molecular flexibility index (Phi) is 9.42. The molecule has 26 heavy (non-hydrogen) atoms. The Morgan fingerprint density at radius 2 is 1.85 bits per heavy atom. The Bertz CT molecular complexity index is 661. The van der Waals surface area contributed by atoms with Crippen LogP contribution in [0.4, 0.5) is 5.69 Å². The van der Waals surface area contributed by atoms with Crippen molar-refractivity contribution in [3.05, 3.63) is 46.3 Å². The molecule has 0 fully saturated rings. The molecule has 146 valence electrons. The standard InChI is InChI=1S/C20H31N3O.C2H6/c1-6-8-9-23(13-18-11-15(4)22-24-18)20-12-19(16(5)21)17(7-2)10-14(20)3;1-2/h10-12,16H,6-9,13,21H2,1-5H3;1-2H3. The SMILES string of the molecule is CC.CCCCN(Cc1cc(C)no1)c1cc(C(C)N)c(CC)cc1C. The lowest BCUT2D eigenvalue weighted by molar-refractivity contribution is 0.377.